The second-order valence-electron chi connectivity index (χ2n) is 3.02. The Bertz CT molecular complexity index is 520. The Kier molecular flexibility index (Phi) is 2.77. The number of hydrogen-bond acceptors (Lipinski definition) is 3. The van der Waals surface area contributed by atoms with E-state index in [0.29, 0.717) is 9.35 Å². The molecule has 1 atom stereocenters. The number of rotatable bonds is 2. The summed E-state index contributed by atoms with van der Waals surface area (Å²) in [6.45, 7) is 0. The Morgan fingerprint density at radius 3 is 2.67 bits per heavy atom. The van der Waals surface area contributed by atoms with Gasteiger partial charge in [0.1, 0.15) is 0 Å². The highest BCUT2D eigenvalue weighted by Gasteiger charge is 2.22. The second kappa shape index (κ2) is 3.92. The monoisotopic (exact) mass is 286 g/mol. The maximum Gasteiger partial charge on any atom is 0.338 e. The van der Waals surface area contributed by atoms with Crippen LogP contribution in [-0.4, -0.2) is 16.2 Å². The smallest absolute Gasteiger partial charge is 0.338 e. The standard InChI is InChI=1S/C10H7BrO3S/c11-7-5-3-1-2-4-6(5)15-9(7)8(12)10(13)14/h1-4,8,12H,(H,13,14). The number of hydrogen-bond donors (Lipinski definition) is 2. The van der Waals surface area contributed by atoms with E-state index < -0.39 is 12.1 Å². The van der Waals surface area contributed by atoms with Crippen molar-refractivity contribution in [2.75, 3.05) is 0 Å². The van der Waals surface area contributed by atoms with Gasteiger partial charge in [0, 0.05) is 14.6 Å². The van der Waals surface area contributed by atoms with Crippen LogP contribution in [0.15, 0.2) is 28.7 Å². The number of fused-ring (bicyclic) bond motifs is 1. The summed E-state index contributed by atoms with van der Waals surface area (Å²) in [6.07, 6.45) is -1.46. The first-order valence-corrected chi connectivity index (χ1v) is 5.80. The minimum absolute atomic E-state index is 0.434. The first kappa shape index (κ1) is 10.6. The number of aliphatic hydroxyl groups is 1. The predicted molar refractivity (Wildman–Crippen MR) is 62.1 cm³/mol. The van der Waals surface area contributed by atoms with Crippen LogP contribution >= 0.6 is 27.3 Å². The molecule has 0 bridgehead atoms. The molecule has 15 heavy (non-hydrogen) atoms. The first-order chi connectivity index (χ1) is 7.11. The molecule has 0 aliphatic rings. The molecule has 0 saturated carbocycles. The Hall–Kier alpha value is -0.910. The molecule has 1 heterocycles. The lowest BCUT2D eigenvalue weighted by Crippen LogP contribution is -2.08. The fourth-order valence-electron chi connectivity index (χ4n) is 1.32. The fraction of sp³-hybridized carbons (Fsp3) is 0.100. The normalized spacial score (nSPS) is 12.9. The number of aliphatic carboxylic acids is 1. The summed E-state index contributed by atoms with van der Waals surface area (Å²) in [5, 5.41) is 19.1. The highest BCUT2D eigenvalue weighted by Crippen LogP contribution is 2.38. The number of thiophene rings is 1. The van der Waals surface area contributed by atoms with E-state index in [9.17, 15) is 9.90 Å². The van der Waals surface area contributed by atoms with Crippen LogP contribution in [0.2, 0.25) is 0 Å². The van der Waals surface area contributed by atoms with E-state index in [-0.39, 0.29) is 0 Å². The Morgan fingerprint density at radius 1 is 1.40 bits per heavy atom. The van der Waals surface area contributed by atoms with E-state index in [2.05, 4.69) is 15.9 Å². The quantitative estimate of drug-likeness (QED) is 0.893. The third-order valence-corrected chi connectivity index (χ3v) is 4.38. The maximum atomic E-state index is 10.7. The molecule has 1 aromatic carbocycles. The van der Waals surface area contributed by atoms with Gasteiger partial charge in [-0.25, -0.2) is 4.79 Å². The van der Waals surface area contributed by atoms with E-state index in [0.717, 1.165) is 10.1 Å². The topological polar surface area (TPSA) is 57.5 Å². The number of carboxylic acid groups (broad SMARTS) is 1. The third-order valence-electron chi connectivity index (χ3n) is 2.04. The number of aliphatic hydroxyl groups excluding tert-OH is 1. The molecular weight excluding hydrogens is 280 g/mol. The van der Waals surface area contributed by atoms with E-state index in [1.54, 1.807) is 0 Å². The van der Waals surface area contributed by atoms with Crippen LogP contribution in [0.25, 0.3) is 10.1 Å². The van der Waals surface area contributed by atoms with Gasteiger partial charge in [-0.15, -0.1) is 11.3 Å². The summed E-state index contributed by atoms with van der Waals surface area (Å²) in [4.78, 5) is 11.1. The van der Waals surface area contributed by atoms with E-state index in [1.807, 2.05) is 24.3 Å². The van der Waals surface area contributed by atoms with Gasteiger partial charge in [-0.3, -0.25) is 0 Å². The van der Waals surface area contributed by atoms with Gasteiger partial charge in [-0.1, -0.05) is 18.2 Å². The van der Waals surface area contributed by atoms with Crippen molar-refractivity contribution in [3.63, 3.8) is 0 Å². The van der Waals surface area contributed by atoms with Crippen LogP contribution in [-0.2, 0) is 4.79 Å². The summed E-state index contributed by atoms with van der Waals surface area (Å²) >= 11 is 4.59. The minimum atomic E-state index is -1.46. The summed E-state index contributed by atoms with van der Waals surface area (Å²) in [5.74, 6) is -1.23. The molecule has 0 spiro atoms. The largest absolute Gasteiger partial charge is 0.479 e. The van der Waals surface area contributed by atoms with Gasteiger partial charge < -0.3 is 10.2 Å². The lowest BCUT2D eigenvalue weighted by Gasteiger charge is -2.01. The lowest BCUT2D eigenvalue weighted by atomic mass is 10.2. The van der Waals surface area contributed by atoms with Gasteiger partial charge in [0.25, 0.3) is 0 Å². The average molecular weight is 287 g/mol. The van der Waals surface area contributed by atoms with Gasteiger partial charge in [-0.2, -0.15) is 0 Å². The molecule has 2 N–H and O–H groups in total. The van der Waals surface area contributed by atoms with Crippen molar-refractivity contribution in [2.24, 2.45) is 0 Å². The number of halogens is 1. The molecule has 3 nitrogen and oxygen atoms in total. The number of carboxylic acids is 1. The van der Waals surface area contributed by atoms with Crippen LogP contribution in [0.5, 0.6) is 0 Å². The van der Waals surface area contributed by atoms with Gasteiger partial charge in [0.15, 0.2) is 6.10 Å². The molecular formula is C10H7BrO3S. The molecule has 2 aromatic rings. The molecule has 0 aliphatic heterocycles. The molecule has 2 rings (SSSR count). The molecule has 0 aliphatic carbocycles. The van der Waals surface area contributed by atoms with Crippen molar-refractivity contribution in [3.8, 4) is 0 Å². The zero-order valence-corrected chi connectivity index (χ0v) is 9.88. The zero-order valence-electron chi connectivity index (χ0n) is 7.48. The van der Waals surface area contributed by atoms with Gasteiger partial charge in [0.05, 0.1) is 4.88 Å². The lowest BCUT2D eigenvalue weighted by molar-refractivity contribution is -0.146. The van der Waals surface area contributed by atoms with Gasteiger partial charge in [0.2, 0.25) is 0 Å². The van der Waals surface area contributed by atoms with Crippen molar-refractivity contribution < 1.29 is 15.0 Å². The van der Waals surface area contributed by atoms with Gasteiger partial charge >= 0.3 is 5.97 Å². The SMILES string of the molecule is O=C(O)C(O)c1sc2ccccc2c1Br. The van der Waals surface area contributed by atoms with Crippen LogP contribution in [0.1, 0.15) is 11.0 Å². The van der Waals surface area contributed by atoms with E-state index >= 15 is 0 Å². The Balaban J connectivity index is 2.63. The second-order valence-corrected chi connectivity index (χ2v) is 4.89. The summed E-state index contributed by atoms with van der Waals surface area (Å²) < 4.78 is 1.62. The van der Waals surface area contributed by atoms with Crippen LogP contribution in [0.4, 0.5) is 0 Å². The van der Waals surface area contributed by atoms with Crippen molar-refractivity contribution >= 4 is 43.3 Å². The highest BCUT2D eigenvalue weighted by atomic mass is 79.9. The number of benzene rings is 1. The van der Waals surface area contributed by atoms with Crippen molar-refractivity contribution in [1.82, 2.24) is 0 Å². The predicted octanol–water partition coefficient (Wildman–Crippen LogP) is 2.78. The number of carbonyl (C=O) groups is 1. The van der Waals surface area contributed by atoms with Crippen LogP contribution in [0, 0.1) is 0 Å². The highest BCUT2D eigenvalue weighted by molar-refractivity contribution is 9.10. The molecule has 5 heteroatoms. The summed E-state index contributed by atoms with van der Waals surface area (Å²) in [5.41, 5.74) is 0. The minimum Gasteiger partial charge on any atom is -0.479 e. The Morgan fingerprint density at radius 2 is 2.07 bits per heavy atom. The van der Waals surface area contributed by atoms with Gasteiger partial charge in [-0.05, 0) is 22.0 Å². The average Bonchev–Trinajstić information content (AvgIpc) is 2.56. The van der Waals surface area contributed by atoms with Crippen molar-refractivity contribution in [2.45, 2.75) is 6.10 Å². The molecule has 78 valence electrons. The molecule has 1 aromatic heterocycles. The molecule has 0 saturated heterocycles. The zero-order chi connectivity index (χ0) is 11.0. The summed E-state index contributed by atoms with van der Waals surface area (Å²) in [6, 6.07) is 7.52. The molecule has 0 radical (unpaired) electrons. The van der Waals surface area contributed by atoms with Crippen LogP contribution < -0.4 is 0 Å². The summed E-state index contributed by atoms with van der Waals surface area (Å²) in [7, 11) is 0. The Labute approximate surface area is 98.1 Å². The fourth-order valence-corrected chi connectivity index (χ4v) is 3.33. The van der Waals surface area contributed by atoms with Crippen molar-refractivity contribution in [3.05, 3.63) is 33.6 Å². The van der Waals surface area contributed by atoms with E-state index in [4.69, 9.17) is 5.11 Å². The third kappa shape index (κ3) is 1.78. The van der Waals surface area contributed by atoms with E-state index in [1.165, 1.54) is 11.3 Å². The van der Waals surface area contributed by atoms with Crippen LogP contribution in [0.3, 0.4) is 0 Å². The molecule has 0 fully saturated rings. The van der Waals surface area contributed by atoms with Crippen molar-refractivity contribution in [1.29, 1.82) is 0 Å². The first-order valence-electron chi connectivity index (χ1n) is 4.19. The maximum absolute atomic E-state index is 10.7. The molecule has 0 amide bonds. The molecule has 1 unspecified atom stereocenters.